The van der Waals surface area contributed by atoms with Gasteiger partial charge in [0.25, 0.3) is 0 Å². The number of hydrogen-bond donors (Lipinski definition) is 2. The second-order valence-corrected chi connectivity index (χ2v) is 7.03. The van der Waals surface area contributed by atoms with Crippen LogP contribution in [0.2, 0.25) is 0 Å². The van der Waals surface area contributed by atoms with Gasteiger partial charge in [0.1, 0.15) is 5.01 Å². The van der Waals surface area contributed by atoms with E-state index in [1.807, 2.05) is 12.1 Å². The summed E-state index contributed by atoms with van der Waals surface area (Å²) >= 11 is 1.26. The number of rotatable bonds is 4. The molecule has 1 saturated heterocycles. The van der Waals surface area contributed by atoms with Gasteiger partial charge >= 0.3 is 6.09 Å². The van der Waals surface area contributed by atoms with E-state index >= 15 is 0 Å². The fourth-order valence-corrected chi connectivity index (χ4v) is 3.49. The minimum absolute atomic E-state index is 0.406. The maximum atomic E-state index is 13.5. The summed E-state index contributed by atoms with van der Waals surface area (Å²) < 4.78 is 18.9. The van der Waals surface area contributed by atoms with E-state index in [9.17, 15) is 9.18 Å². The normalized spacial score (nSPS) is 15.2. The van der Waals surface area contributed by atoms with Crippen LogP contribution in [-0.4, -0.2) is 30.8 Å². The molecular weight excluding hydrogens is 329 g/mol. The molecule has 0 saturated carbocycles. The second-order valence-electron chi connectivity index (χ2n) is 5.83. The zero-order valence-corrected chi connectivity index (χ0v) is 14.3. The smallest absolute Gasteiger partial charge is 0.411 e. The second kappa shape index (κ2) is 7.72. The molecule has 2 aromatic rings. The topological polar surface area (TPSA) is 63.2 Å². The van der Waals surface area contributed by atoms with E-state index in [2.05, 4.69) is 15.6 Å². The Morgan fingerprint density at radius 1 is 1.42 bits per heavy atom. The highest BCUT2D eigenvalue weighted by atomic mass is 32.1. The number of benzene rings is 1. The van der Waals surface area contributed by atoms with Crippen molar-refractivity contribution in [3.8, 4) is 10.6 Å². The molecule has 1 fully saturated rings. The lowest BCUT2D eigenvalue weighted by atomic mass is 9.99. The molecule has 7 heteroatoms. The molecule has 0 unspecified atom stereocenters. The molecule has 3 rings (SSSR count). The van der Waals surface area contributed by atoms with Crippen LogP contribution < -0.4 is 10.6 Å². The fourth-order valence-electron chi connectivity index (χ4n) is 2.66. The highest BCUT2D eigenvalue weighted by molar-refractivity contribution is 7.15. The average Bonchev–Trinajstić information content (AvgIpc) is 2.93. The van der Waals surface area contributed by atoms with Crippen molar-refractivity contribution in [3.05, 3.63) is 35.1 Å². The van der Waals surface area contributed by atoms with Crippen LogP contribution in [0.4, 0.5) is 14.9 Å². The number of carbonyl (C=O) groups excluding carboxylic acids is 1. The Bertz CT molecular complexity index is 694. The average molecular weight is 349 g/mol. The van der Waals surface area contributed by atoms with Crippen LogP contribution in [0.25, 0.3) is 10.6 Å². The first-order valence-corrected chi connectivity index (χ1v) is 8.82. The van der Waals surface area contributed by atoms with E-state index in [0.717, 1.165) is 25.9 Å². The third kappa shape index (κ3) is 4.10. The Balaban J connectivity index is 1.65. The van der Waals surface area contributed by atoms with Gasteiger partial charge in [0.05, 0.1) is 17.2 Å². The van der Waals surface area contributed by atoms with Gasteiger partial charge in [-0.15, -0.1) is 11.3 Å². The Labute approximate surface area is 144 Å². The van der Waals surface area contributed by atoms with Crippen molar-refractivity contribution >= 4 is 23.1 Å². The molecule has 1 amide bonds. The van der Waals surface area contributed by atoms with Crippen molar-refractivity contribution in [3.63, 3.8) is 0 Å². The molecule has 1 aromatic carbocycles. The summed E-state index contributed by atoms with van der Waals surface area (Å²) in [6.45, 7) is 4.03. The van der Waals surface area contributed by atoms with Crippen LogP contribution in [0.5, 0.6) is 0 Å². The first-order chi connectivity index (χ1) is 11.6. The number of nitrogens with zero attached hydrogens (tertiary/aromatic N) is 1. The zero-order valence-electron chi connectivity index (χ0n) is 13.5. The van der Waals surface area contributed by atoms with E-state index < -0.39 is 12.0 Å². The lowest BCUT2D eigenvalue weighted by Gasteiger charge is -2.22. The van der Waals surface area contributed by atoms with Crippen LogP contribution in [0.15, 0.2) is 24.3 Å². The number of halogens is 1. The van der Waals surface area contributed by atoms with Crippen molar-refractivity contribution in [1.82, 2.24) is 10.3 Å². The minimum Gasteiger partial charge on any atom is -0.449 e. The van der Waals surface area contributed by atoms with Gasteiger partial charge in [0, 0.05) is 5.56 Å². The van der Waals surface area contributed by atoms with E-state index in [1.54, 1.807) is 19.1 Å². The first-order valence-electron chi connectivity index (χ1n) is 8.00. The number of anilines is 1. The molecule has 0 radical (unpaired) electrons. The molecule has 128 valence electrons. The summed E-state index contributed by atoms with van der Waals surface area (Å²) in [5.74, 6) is -0.0683. The summed E-state index contributed by atoms with van der Waals surface area (Å²) in [6.07, 6.45) is 1.54. The van der Waals surface area contributed by atoms with Crippen LogP contribution >= 0.6 is 11.3 Å². The minimum atomic E-state index is -0.491. The van der Waals surface area contributed by atoms with Crippen molar-refractivity contribution in [2.45, 2.75) is 19.8 Å². The number of piperidine rings is 1. The van der Waals surface area contributed by atoms with Gasteiger partial charge in [-0.3, -0.25) is 5.32 Å². The largest absolute Gasteiger partial charge is 0.449 e. The van der Waals surface area contributed by atoms with Gasteiger partial charge in [0.15, 0.2) is 0 Å². The number of ether oxygens (including phenoxy) is 1. The van der Waals surface area contributed by atoms with E-state index in [4.69, 9.17) is 4.74 Å². The van der Waals surface area contributed by atoms with Gasteiger partial charge < -0.3 is 10.1 Å². The maximum Gasteiger partial charge on any atom is 0.411 e. The number of carbonyl (C=O) groups is 1. The van der Waals surface area contributed by atoms with Crippen LogP contribution in [0.1, 0.15) is 17.7 Å². The standard InChI is InChI=1S/C17H20FN3O2S/c1-11-15(18)21-16(24-11)13-4-2-3-5-14(13)20-17(22)23-10-12-6-8-19-9-7-12/h2-5,12,19H,6-10H2,1H3,(H,20,22). The molecule has 2 N–H and O–H groups in total. The summed E-state index contributed by atoms with van der Waals surface area (Å²) in [4.78, 5) is 16.5. The molecule has 1 aliphatic heterocycles. The molecule has 1 aliphatic rings. The molecular formula is C17H20FN3O2S. The zero-order chi connectivity index (χ0) is 16.9. The lowest BCUT2D eigenvalue weighted by molar-refractivity contribution is 0.131. The summed E-state index contributed by atoms with van der Waals surface area (Å²) in [6, 6.07) is 7.20. The first kappa shape index (κ1) is 16.9. The highest BCUT2D eigenvalue weighted by Gasteiger charge is 2.17. The van der Waals surface area contributed by atoms with Gasteiger partial charge in [-0.2, -0.15) is 4.39 Å². The van der Waals surface area contributed by atoms with E-state index in [0.29, 0.717) is 33.7 Å². The quantitative estimate of drug-likeness (QED) is 0.881. The Morgan fingerprint density at radius 3 is 2.88 bits per heavy atom. The van der Waals surface area contributed by atoms with Gasteiger partial charge in [0.2, 0.25) is 5.95 Å². The predicted octanol–water partition coefficient (Wildman–Crippen LogP) is 3.81. The Kier molecular flexibility index (Phi) is 5.42. The third-order valence-corrected chi connectivity index (χ3v) is 5.02. The number of thiazole rings is 1. The Hall–Kier alpha value is -1.99. The molecule has 0 spiro atoms. The van der Waals surface area contributed by atoms with Crippen molar-refractivity contribution in [2.75, 3.05) is 25.0 Å². The van der Waals surface area contributed by atoms with Gasteiger partial charge in [-0.25, -0.2) is 9.78 Å². The molecule has 0 atom stereocenters. The summed E-state index contributed by atoms with van der Waals surface area (Å²) in [7, 11) is 0. The lowest BCUT2D eigenvalue weighted by Crippen LogP contribution is -2.31. The number of para-hydroxylation sites is 1. The van der Waals surface area contributed by atoms with Crippen LogP contribution in [0, 0.1) is 18.8 Å². The number of aryl methyl sites for hydroxylation is 1. The Morgan fingerprint density at radius 2 is 2.17 bits per heavy atom. The molecule has 5 nitrogen and oxygen atoms in total. The van der Waals surface area contributed by atoms with Crippen molar-refractivity contribution in [2.24, 2.45) is 5.92 Å². The maximum absolute atomic E-state index is 13.5. The monoisotopic (exact) mass is 349 g/mol. The van der Waals surface area contributed by atoms with Crippen molar-refractivity contribution in [1.29, 1.82) is 0 Å². The molecule has 1 aromatic heterocycles. The molecule has 0 bridgehead atoms. The van der Waals surface area contributed by atoms with Crippen LogP contribution in [0.3, 0.4) is 0 Å². The number of hydrogen-bond acceptors (Lipinski definition) is 5. The van der Waals surface area contributed by atoms with Gasteiger partial charge in [-0.05, 0) is 50.9 Å². The summed E-state index contributed by atoms with van der Waals surface area (Å²) in [5, 5.41) is 6.57. The van der Waals surface area contributed by atoms with Crippen molar-refractivity contribution < 1.29 is 13.9 Å². The predicted molar refractivity (Wildman–Crippen MR) is 92.8 cm³/mol. The van der Waals surface area contributed by atoms with E-state index in [1.165, 1.54) is 11.3 Å². The third-order valence-electron chi connectivity index (χ3n) is 4.04. The fraction of sp³-hybridized carbons (Fsp3) is 0.412. The number of nitrogens with one attached hydrogen (secondary N) is 2. The van der Waals surface area contributed by atoms with E-state index in [-0.39, 0.29) is 0 Å². The molecule has 24 heavy (non-hydrogen) atoms. The SMILES string of the molecule is Cc1sc(-c2ccccc2NC(=O)OCC2CCNCC2)nc1F. The highest BCUT2D eigenvalue weighted by Crippen LogP contribution is 2.32. The van der Waals surface area contributed by atoms with Crippen LogP contribution in [-0.2, 0) is 4.74 Å². The molecule has 0 aliphatic carbocycles. The number of aromatic nitrogens is 1. The van der Waals surface area contributed by atoms with Gasteiger partial charge in [-0.1, -0.05) is 12.1 Å². The number of amides is 1. The summed E-state index contributed by atoms with van der Waals surface area (Å²) in [5.41, 5.74) is 1.26. The molecule has 2 heterocycles.